The molecule has 2 aromatic rings. The maximum atomic E-state index is 5.21. The molecule has 0 amide bonds. The molecule has 0 spiro atoms. The maximum Gasteiger partial charge on any atom is 0.217 e. The Labute approximate surface area is 105 Å². The topological polar surface area (TPSA) is 47.0 Å². The van der Waals surface area contributed by atoms with Crippen molar-refractivity contribution in [3.63, 3.8) is 0 Å². The fraction of sp³-hybridized carbons (Fsp3) is 0.333. The van der Waals surface area contributed by atoms with Gasteiger partial charge in [-0.1, -0.05) is 6.07 Å². The zero-order valence-corrected chi connectivity index (χ0v) is 10.7. The lowest BCUT2D eigenvalue weighted by Crippen LogP contribution is -2.17. The summed E-state index contributed by atoms with van der Waals surface area (Å²) in [7, 11) is 1.64. The molecule has 1 unspecified atom stereocenters. The van der Waals surface area contributed by atoms with Crippen LogP contribution in [-0.4, -0.2) is 17.1 Å². The average Bonchev–Trinajstić information content (AvgIpc) is 2.90. The van der Waals surface area contributed by atoms with Crippen LogP contribution in [0.25, 0.3) is 0 Å². The predicted molar refractivity (Wildman–Crippen MR) is 68.2 cm³/mol. The molecular formula is C12H15N3OS. The van der Waals surface area contributed by atoms with E-state index >= 15 is 0 Å². The third-order valence-electron chi connectivity index (χ3n) is 2.52. The van der Waals surface area contributed by atoms with E-state index in [0.717, 1.165) is 12.1 Å². The third kappa shape index (κ3) is 3.01. The lowest BCUT2D eigenvalue weighted by Gasteiger charge is -2.13. The van der Waals surface area contributed by atoms with E-state index < -0.39 is 0 Å². The van der Waals surface area contributed by atoms with Crippen LogP contribution < -0.4 is 10.1 Å². The molecule has 17 heavy (non-hydrogen) atoms. The molecule has 1 atom stereocenters. The quantitative estimate of drug-likeness (QED) is 0.884. The highest BCUT2D eigenvalue weighted by atomic mass is 32.1. The Hall–Kier alpha value is -1.46. The van der Waals surface area contributed by atoms with Crippen LogP contribution in [0, 0.1) is 0 Å². The summed E-state index contributed by atoms with van der Waals surface area (Å²) < 4.78 is 5.21. The van der Waals surface area contributed by atoms with Gasteiger partial charge < -0.3 is 10.1 Å². The fourth-order valence-corrected chi connectivity index (χ4v) is 2.20. The SMILES string of the molecule is COc1ncccc1CNC(C)c1cncs1. The molecule has 0 radical (unpaired) electrons. The molecule has 0 saturated carbocycles. The monoisotopic (exact) mass is 249 g/mol. The van der Waals surface area contributed by atoms with Crippen molar-refractivity contribution in [2.24, 2.45) is 0 Å². The molecule has 2 aromatic heterocycles. The van der Waals surface area contributed by atoms with Crippen LogP contribution in [0.3, 0.4) is 0 Å². The standard InChI is InChI=1S/C12H15N3OS/c1-9(11-7-13-8-17-11)15-6-10-4-3-5-14-12(10)16-2/h3-5,7-9,15H,6H2,1-2H3. The van der Waals surface area contributed by atoms with Crippen molar-refractivity contribution >= 4 is 11.3 Å². The summed E-state index contributed by atoms with van der Waals surface area (Å²) in [6.07, 6.45) is 3.62. The van der Waals surface area contributed by atoms with Crippen molar-refractivity contribution in [2.45, 2.75) is 19.5 Å². The van der Waals surface area contributed by atoms with Crippen molar-refractivity contribution in [3.05, 3.63) is 40.5 Å². The van der Waals surface area contributed by atoms with Gasteiger partial charge >= 0.3 is 0 Å². The number of pyridine rings is 1. The van der Waals surface area contributed by atoms with Gasteiger partial charge in [-0.05, 0) is 13.0 Å². The van der Waals surface area contributed by atoms with Gasteiger partial charge in [-0.3, -0.25) is 4.98 Å². The zero-order chi connectivity index (χ0) is 12.1. The van der Waals surface area contributed by atoms with E-state index in [0.29, 0.717) is 5.88 Å². The number of aromatic nitrogens is 2. The van der Waals surface area contributed by atoms with E-state index in [-0.39, 0.29) is 6.04 Å². The molecule has 0 aliphatic carbocycles. The van der Waals surface area contributed by atoms with E-state index in [2.05, 4.69) is 22.2 Å². The van der Waals surface area contributed by atoms with Crippen LogP contribution in [0.2, 0.25) is 0 Å². The second-order valence-electron chi connectivity index (χ2n) is 3.68. The summed E-state index contributed by atoms with van der Waals surface area (Å²) in [4.78, 5) is 9.47. The lowest BCUT2D eigenvalue weighted by molar-refractivity contribution is 0.389. The van der Waals surface area contributed by atoms with Gasteiger partial charge in [0, 0.05) is 35.4 Å². The lowest BCUT2D eigenvalue weighted by atomic mass is 10.2. The smallest absolute Gasteiger partial charge is 0.217 e. The fourth-order valence-electron chi connectivity index (χ4n) is 1.55. The van der Waals surface area contributed by atoms with Gasteiger partial charge in [-0.25, -0.2) is 4.98 Å². The molecule has 2 heterocycles. The van der Waals surface area contributed by atoms with Crippen LogP contribution in [0.5, 0.6) is 5.88 Å². The Morgan fingerprint density at radius 2 is 2.41 bits per heavy atom. The minimum Gasteiger partial charge on any atom is -0.481 e. The molecule has 2 rings (SSSR count). The molecule has 1 N–H and O–H groups in total. The third-order valence-corrected chi connectivity index (χ3v) is 3.48. The van der Waals surface area contributed by atoms with Crippen LogP contribution in [-0.2, 0) is 6.54 Å². The largest absolute Gasteiger partial charge is 0.481 e. The summed E-state index contributed by atoms with van der Waals surface area (Å²) in [5.41, 5.74) is 2.91. The number of ether oxygens (including phenoxy) is 1. The molecular weight excluding hydrogens is 234 g/mol. The van der Waals surface area contributed by atoms with Crippen LogP contribution >= 0.6 is 11.3 Å². The summed E-state index contributed by atoms with van der Waals surface area (Å²) in [5.74, 6) is 0.677. The van der Waals surface area contributed by atoms with Gasteiger partial charge in [0.2, 0.25) is 5.88 Å². The normalized spacial score (nSPS) is 12.4. The highest BCUT2D eigenvalue weighted by Crippen LogP contribution is 2.18. The van der Waals surface area contributed by atoms with Crippen molar-refractivity contribution in [3.8, 4) is 5.88 Å². The molecule has 5 heteroatoms. The Balaban J connectivity index is 1.98. The maximum absolute atomic E-state index is 5.21. The zero-order valence-electron chi connectivity index (χ0n) is 9.88. The first-order valence-corrected chi connectivity index (χ1v) is 6.29. The molecule has 0 fully saturated rings. The number of nitrogens with zero attached hydrogens (tertiary/aromatic N) is 2. The van der Waals surface area contributed by atoms with E-state index in [9.17, 15) is 0 Å². The summed E-state index contributed by atoms with van der Waals surface area (Å²) >= 11 is 1.66. The highest BCUT2D eigenvalue weighted by molar-refractivity contribution is 7.09. The van der Waals surface area contributed by atoms with Crippen molar-refractivity contribution in [2.75, 3.05) is 7.11 Å². The minimum atomic E-state index is 0.285. The number of rotatable bonds is 5. The van der Waals surface area contributed by atoms with E-state index in [4.69, 9.17) is 4.74 Å². The average molecular weight is 249 g/mol. The number of hydrogen-bond acceptors (Lipinski definition) is 5. The highest BCUT2D eigenvalue weighted by Gasteiger charge is 2.08. The first kappa shape index (κ1) is 12.0. The van der Waals surface area contributed by atoms with Gasteiger partial charge in [0.1, 0.15) is 0 Å². The number of nitrogens with one attached hydrogen (secondary N) is 1. The molecule has 4 nitrogen and oxygen atoms in total. The molecule has 0 aromatic carbocycles. The number of methoxy groups -OCH3 is 1. The Kier molecular flexibility index (Phi) is 4.06. The molecule has 0 saturated heterocycles. The van der Waals surface area contributed by atoms with Gasteiger partial charge in [-0.15, -0.1) is 11.3 Å². The predicted octanol–water partition coefficient (Wildman–Crippen LogP) is 2.40. The molecule has 90 valence electrons. The van der Waals surface area contributed by atoms with Crippen molar-refractivity contribution < 1.29 is 4.74 Å². The molecule has 0 aliphatic heterocycles. The minimum absolute atomic E-state index is 0.285. The first-order valence-electron chi connectivity index (χ1n) is 5.41. The van der Waals surface area contributed by atoms with Crippen molar-refractivity contribution in [1.82, 2.24) is 15.3 Å². The Morgan fingerprint density at radius 3 is 3.12 bits per heavy atom. The summed E-state index contributed by atoms with van der Waals surface area (Å²) in [6.45, 7) is 2.85. The summed E-state index contributed by atoms with van der Waals surface area (Å²) in [5, 5.41) is 3.43. The van der Waals surface area contributed by atoms with E-state index in [1.807, 2.05) is 23.8 Å². The van der Waals surface area contributed by atoms with Gasteiger partial charge in [-0.2, -0.15) is 0 Å². The Morgan fingerprint density at radius 1 is 1.53 bits per heavy atom. The van der Waals surface area contributed by atoms with Crippen LogP contribution in [0.1, 0.15) is 23.4 Å². The summed E-state index contributed by atoms with van der Waals surface area (Å²) in [6, 6.07) is 4.21. The van der Waals surface area contributed by atoms with Crippen LogP contribution in [0.4, 0.5) is 0 Å². The van der Waals surface area contributed by atoms with E-state index in [1.54, 1.807) is 24.6 Å². The van der Waals surface area contributed by atoms with Gasteiger partial charge in [0.25, 0.3) is 0 Å². The molecule has 0 aliphatic rings. The van der Waals surface area contributed by atoms with Crippen molar-refractivity contribution in [1.29, 1.82) is 0 Å². The van der Waals surface area contributed by atoms with Crippen LogP contribution in [0.15, 0.2) is 30.0 Å². The second-order valence-corrected chi connectivity index (χ2v) is 4.60. The van der Waals surface area contributed by atoms with Gasteiger partial charge in [0.15, 0.2) is 0 Å². The number of hydrogen-bond donors (Lipinski definition) is 1. The number of thiazole rings is 1. The first-order chi connectivity index (χ1) is 8.31. The van der Waals surface area contributed by atoms with E-state index in [1.165, 1.54) is 4.88 Å². The Bertz CT molecular complexity index is 459. The van der Waals surface area contributed by atoms with Gasteiger partial charge in [0.05, 0.1) is 12.6 Å². The molecule has 0 bridgehead atoms. The second kappa shape index (κ2) is 5.75.